The summed E-state index contributed by atoms with van der Waals surface area (Å²) in [6.07, 6.45) is 1.90. The van der Waals surface area contributed by atoms with Crippen LogP contribution in [0.4, 0.5) is 5.69 Å². The van der Waals surface area contributed by atoms with E-state index in [1.165, 1.54) is 34.4 Å². The van der Waals surface area contributed by atoms with E-state index in [1.54, 1.807) is 0 Å². The summed E-state index contributed by atoms with van der Waals surface area (Å²) in [5.41, 5.74) is 4.33. The number of aryl methyl sites for hydroxylation is 2. The molecule has 0 unspecified atom stereocenters. The van der Waals surface area contributed by atoms with Crippen molar-refractivity contribution in [1.82, 2.24) is 9.88 Å². The van der Waals surface area contributed by atoms with E-state index in [1.807, 2.05) is 20.3 Å². The molecule has 0 saturated carbocycles. The Morgan fingerprint density at radius 3 is 2.31 bits per heavy atom. The molecule has 0 fully saturated rings. The molecule has 0 N–H and O–H groups in total. The minimum atomic E-state index is -1.68. The van der Waals surface area contributed by atoms with Crippen LogP contribution in [0.2, 0.25) is 18.1 Å². The van der Waals surface area contributed by atoms with E-state index in [0.29, 0.717) is 6.61 Å². The van der Waals surface area contributed by atoms with Crippen LogP contribution in [0.15, 0.2) is 35.3 Å². The molecule has 1 aromatic heterocycles. The fourth-order valence-electron chi connectivity index (χ4n) is 3.68. The topological polar surface area (TPSA) is 37.7 Å². The smallest absolute Gasteiger partial charge is 0.213 e. The molecule has 0 aliphatic heterocycles. The number of benzene rings is 1. The molecule has 2 aromatic rings. The molecule has 0 aliphatic rings. The number of aromatic nitrogens is 1. The van der Waals surface area contributed by atoms with Crippen LogP contribution in [0.25, 0.3) is 0 Å². The monoisotopic (exact) mass is 411 g/mol. The standard InChI is InChI=1S/C24H37N3OSi/c1-8-27(7)18-25-22-16-23(29(9-2,10-3)11-4)24(26-20(22)6)28-17-21-15-13-12-14-19(21)5/h12-16,18H,8-11,17H2,1-7H3/b25-18+. The van der Waals surface area contributed by atoms with E-state index in [4.69, 9.17) is 14.7 Å². The summed E-state index contributed by atoms with van der Waals surface area (Å²) in [6.45, 7) is 14.7. The van der Waals surface area contributed by atoms with Crippen LogP contribution >= 0.6 is 0 Å². The first-order chi connectivity index (χ1) is 13.9. The predicted molar refractivity (Wildman–Crippen MR) is 128 cm³/mol. The van der Waals surface area contributed by atoms with Crippen molar-refractivity contribution in [3.63, 3.8) is 0 Å². The predicted octanol–water partition coefficient (Wildman–Crippen LogP) is 5.60. The van der Waals surface area contributed by atoms with Crippen LogP contribution in [0.3, 0.4) is 0 Å². The summed E-state index contributed by atoms with van der Waals surface area (Å²) < 4.78 is 6.36. The number of hydrogen-bond acceptors (Lipinski definition) is 3. The number of rotatable bonds is 10. The van der Waals surface area contributed by atoms with Crippen molar-refractivity contribution >= 4 is 25.3 Å². The van der Waals surface area contributed by atoms with Gasteiger partial charge in [-0.05, 0) is 38.0 Å². The summed E-state index contributed by atoms with van der Waals surface area (Å²) in [5, 5.41) is 1.32. The highest BCUT2D eigenvalue weighted by atomic mass is 28.3. The highest BCUT2D eigenvalue weighted by Crippen LogP contribution is 2.28. The van der Waals surface area contributed by atoms with Crippen LogP contribution in [0, 0.1) is 13.8 Å². The van der Waals surface area contributed by atoms with Crippen LogP contribution in [-0.4, -0.2) is 37.9 Å². The maximum atomic E-state index is 6.36. The zero-order chi connectivity index (χ0) is 21.4. The lowest BCUT2D eigenvalue weighted by Crippen LogP contribution is -2.46. The summed E-state index contributed by atoms with van der Waals surface area (Å²) in [7, 11) is 0.354. The van der Waals surface area contributed by atoms with Crippen molar-refractivity contribution in [2.24, 2.45) is 4.99 Å². The third-order valence-corrected chi connectivity index (χ3v) is 11.8. The molecule has 0 bridgehead atoms. The molecule has 0 radical (unpaired) electrons. The Kier molecular flexibility index (Phi) is 8.44. The van der Waals surface area contributed by atoms with E-state index in [2.05, 4.69) is 69.9 Å². The van der Waals surface area contributed by atoms with Gasteiger partial charge in [-0.3, -0.25) is 0 Å². The molecular formula is C24H37N3OSi. The quantitative estimate of drug-likeness (QED) is 0.290. The number of pyridine rings is 1. The van der Waals surface area contributed by atoms with Gasteiger partial charge >= 0.3 is 0 Å². The Labute approximate surface area is 178 Å². The minimum Gasteiger partial charge on any atom is -0.473 e. The molecule has 4 nitrogen and oxygen atoms in total. The summed E-state index contributed by atoms with van der Waals surface area (Å²) in [4.78, 5) is 11.7. The van der Waals surface area contributed by atoms with E-state index in [9.17, 15) is 0 Å². The number of ether oxygens (including phenoxy) is 1. The highest BCUT2D eigenvalue weighted by Gasteiger charge is 2.34. The van der Waals surface area contributed by atoms with Gasteiger partial charge in [0.15, 0.2) is 0 Å². The van der Waals surface area contributed by atoms with Gasteiger partial charge in [-0.2, -0.15) is 0 Å². The molecule has 0 aliphatic carbocycles. The lowest BCUT2D eigenvalue weighted by Gasteiger charge is -2.30. The van der Waals surface area contributed by atoms with E-state index >= 15 is 0 Å². The molecule has 0 spiro atoms. The minimum absolute atomic E-state index is 0.551. The van der Waals surface area contributed by atoms with Gasteiger partial charge in [-0.15, -0.1) is 0 Å². The second-order valence-electron chi connectivity index (χ2n) is 7.82. The van der Waals surface area contributed by atoms with Crippen LogP contribution in [0.5, 0.6) is 5.88 Å². The normalized spacial score (nSPS) is 11.8. The summed E-state index contributed by atoms with van der Waals surface area (Å²) in [6, 6.07) is 14.2. The van der Waals surface area contributed by atoms with Gasteiger partial charge in [0.2, 0.25) is 5.88 Å². The Morgan fingerprint density at radius 1 is 1.07 bits per heavy atom. The van der Waals surface area contributed by atoms with E-state index < -0.39 is 8.07 Å². The van der Waals surface area contributed by atoms with Gasteiger partial charge in [0.05, 0.1) is 25.8 Å². The van der Waals surface area contributed by atoms with Crippen LogP contribution in [0.1, 0.15) is 44.5 Å². The molecular weight excluding hydrogens is 374 g/mol. The van der Waals surface area contributed by atoms with E-state index in [0.717, 1.165) is 23.8 Å². The van der Waals surface area contributed by atoms with Crippen molar-refractivity contribution in [3.05, 3.63) is 47.2 Å². The Hall–Kier alpha value is -2.14. The van der Waals surface area contributed by atoms with Crippen LogP contribution in [-0.2, 0) is 6.61 Å². The van der Waals surface area contributed by atoms with Crippen LogP contribution < -0.4 is 9.92 Å². The number of aliphatic imine (C=N–C) groups is 1. The third-order valence-electron chi connectivity index (χ3n) is 6.27. The maximum Gasteiger partial charge on any atom is 0.213 e. The number of hydrogen-bond donors (Lipinski definition) is 0. The zero-order valence-electron chi connectivity index (χ0n) is 19.2. The Morgan fingerprint density at radius 2 is 1.72 bits per heavy atom. The number of nitrogens with zero attached hydrogens (tertiary/aromatic N) is 3. The van der Waals surface area contributed by atoms with E-state index in [-0.39, 0.29) is 0 Å². The molecule has 1 aromatic carbocycles. The first kappa shape index (κ1) is 23.1. The van der Waals surface area contributed by atoms with Crippen molar-refractivity contribution < 1.29 is 4.74 Å². The molecule has 5 heteroatoms. The first-order valence-electron chi connectivity index (χ1n) is 10.8. The molecule has 2 rings (SSSR count). The molecule has 0 saturated heterocycles. The largest absolute Gasteiger partial charge is 0.473 e. The Balaban J connectivity index is 2.49. The second-order valence-corrected chi connectivity index (χ2v) is 13.0. The van der Waals surface area contributed by atoms with Gasteiger partial charge < -0.3 is 9.64 Å². The SMILES string of the molecule is CCN(C)/C=N/c1cc([Si](CC)(CC)CC)c(OCc2ccccc2C)nc1C. The lowest BCUT2D eigenvalue weighted by molar-refractivity contribution is 0.295. The van der Waals surface area contributed by atoms with Gasteiger partial charge in [-0.1, -0.05) is 63.2 Å². The molecule has 29 heavy (non-hydrogen) atoms. The van der Waals surface area contributed by atoms with Crippen molar-refractivity contribution in [2.75, 3.05) is 13.6 Å². The fraction of sp³-hybridized carbons (Fsp3) is 0.500. The van der Waals surface area contributed by atoms with Gasteiger partial charge in [-0.25, -0.2) is 9.98 Å². The van der Waals surface area contributed by atoms with Crippen molar-refractivity contribution in [1.29, 1.82) is 0 Å². The van der Waals surface area contributed by atoms with Gasteiger partial charge in [0.1, 0.15) is 6.61 Å². The Bertz CT molecular complexity index is 823. The highest BCUT2D eigenvalue weighted by molar-refractivity contribution is 6.92. The summed E-state index contributed by atoms with van der Waals surface area (Å²) >= 11 is 0. The molecule has 1 heterocycles. The maximum absolute atomic E-state index is 6.36. The summed E-state index contributed by atoms with van der Waals surface area (Å²) in [5.74, 6) is 0.811. The average Bonchev–Trinajstić information content (AvgIpc) is 2.74. The molecule has 158 valence electrons. The average molecular weight is 412 g/mol. The van der Waals surface area contributed by atoms with Crippen molar-refractivity contribution in [3.8, 4) is 5.88 Å². The zero-order valence-corrected chi connectivity index (χ0v) is 20.2. The van der Waals surface area contributed by atoms with Gasteiger partial charge in [0, 0.05) is 18.8 Å². The first-order valence-corrected chi connectivity index (χ1v) is 13.5. The lowest BCUT2D eigenvalue weighted by atomic mass is 10.1. The third kappa shape index (κ3) is 5.47. The second kappa shape index (κ2) is 10.6. The van der Waals surface area contributed by atoms with Gasteiger partial charge in [0.25, 0.3) is 0 Å². The molecule has 0 amide bonds. The molecule has 0 atom stereocenters. The van der Waals surface area contributed by atoms with Crippen molar-refractivity contribution in [2.45, 2.75) is 66.3 Å². The fourth-order valence-corrected chi connectivity index (χ4v) is 7.34.